The van der Waals surface area contributed by atoms with Gasteiger partial charge in [0.1, 0.15) is 5.82 Å². The molecule has 6 heteroatoms. The molecule has 2 aromatic heterocycles. The average Bonchev–Trinajstić information content (AvgIpc) is 3.21. The van der Waals surface area contributed by atoms with Crippen LogP contribution in [0, 0.1) is 0 Å². The number of H-pyrrole nitrogens is 1. The third-order valence-corrected chi connectivity index (χ3v) is 4.06. The fourth-order valence-electron chi connectivity index (χ4n) is 3.01. The summed E-state index contributed by atoms with van der Waals surface area (Å²) in [5, 5.41) is 0. The number of nitrogens with one attached hydrogen (secondary N) is 1. The smallest absolute Gasteiger partial charge is 0.229 e. The van der Waals surface area contributed by atoms with Crippen molar-refractivity contribution in [3.63, 3.8) is 0 Å². The van der Waals surface area contributed by atoms with E-state index in [-0.39, 0.29) is 6.04 Å². The standard InChI is InChI=1S/C16H17N5O/c1-22-14-8-9-17-16(20-14)21-10-4-7-13(21)15-18-11-5-2-3-6-12(11)19-15/h2-3,5-6,8-9,13H,4,7,10H2,1H3,(H,18,19). The molecule has 1 N–H and O–H groups in total. The SMILES string of the molecule is COc1ccnc(N2CCCC2c2nc3ccccc3[nH]2)n1. The third kappa shape index (κ3) is 2.16. The molecule has 1 fully saturated rings. The molecule has 1 saturated heterocycles. The number of anilines is 1. The predicted octanol–water partition coefficient (Wildman–Crippen LogP) is 2.70. The number of aromatic amines is 1. The minimum absolute atomic E-state index is 0.180. The summed E-state index contributed by atoms with van der Waals surface area (Å²) in [6, 6.07) is 10.0. The van der Waals surface area contributed by atoms with E-state index < -0.39 is 0 Å². The van der Waals surface area contributed by atoms with Crippen LogP contribution in [0.5, 0.6) is 5.88 Å². The monoisotopic (exact) mass is 295 g/mol. The van der Waals surface area contributed by atoms with E-state index in [9.17, 15) is 0 Å². The Morgan fingerprint density at radius 3 is 3.00 bits per heavy atom. The first-order valence-electron chi connectivity index (χ1n) is 7.43. The molecule has 1 aliphatic heterocycles. The van der Waals surface area contributed by atoms with Gasteiger partial charge >= 0.3 is 0 Å². The van der Waals surface area contributed by atoms with Crippen molar-refractivity contribution >= 4 is 17.0 Å². The van der Waals surface area contributed by atoms with Gasteiger partial charge in [0.2, 0.25) is 11.8 Å². The van der Waals surface area contributed by atoms with E-state index >= 15 is 0 Å². The number of benzene rings is 1. The topological polar surface area (TPSA) is 66.9 Å². The van der Waals surface area contributed by atoms with Gasteiger partial charge in [-0.3, -0.25) is 0 Å². The summed E-state index contributed by atoms with van der Waals surface area (Å²) in [5.74, 6) is 2.26. The molecule has 0 radical (unpaired) electrons. The number of para-hydroxylation sites is 2. The first-order chi connectivity index (χ1) is 10.8. The highest BCUT2D eigenvalue weighted by Crippen LogP contribution is 2.34. The van der Waals surface area contributed by atoms with Crippen LogP contribution in [0.25, 0.3) is 11.0 Å². The van der Waals surface area contributed by atoms with E-state index in [2.05, 4.69) is 19.9 Å². The van der Waals surface area contributed by atoms with Gasteiger partial charge in [0.25, 0.3) is 0 Å². The van der Waals surface area contributed by atoms with Crippen LogP contribution in [-0.4, -0.2) is 33.6 Å². The summed E-state index contributed by atoms with van der Waals surface area (Å²) in [6.07, 6.45) is 3.87. The second kappa shape index (κ2) is 5.29. The largest absolute Gasteiger partial charge is 0.481 e. The van der Waals surface area contributed by atoms with Crippen LogP contribution in [0.15, 0.2) is 36.5 Å². The van der Waals surface area contributed by atoms with Crippen LogP contribution < -0.4 is 9.64 Å². The molecule has 6 nitrogen and oxygen atoms in total. The molecule has 4 rings (SSSR count). The second-order valence-corrected chi connectivity index (χ2v) is 5.39. The summed E-state index contributed by atoms with van der Waals surface area (Å²) >= 11 is 0. The van der Waals surface area contributed by atoms with Crippen LogP contribution >= 0.6 is 0 Å². The Balaban J connectivity index is 1.70. The van der Waals surface area contributed by atoms with Crippen LogP contribution in [0.4, 0.5) is 5.95 Å². The van der Waals surface area contributed by atoms with E-state index in [4.69, 9.17) is 9.72 Å². The quantitative estimate of drug-likeness (QED) is 0.804. The van der Waals surface area contributed by atoms with Gasteiger partial charge in [-0.15, -0.1) is 0 Å². The number of aromatic nitrogens is 4. The molecule has 0 aliphatic carbocycles. The lowest BCUT2D eigenvalue weighted by atomic mass is 10.2. The van der Waals surface area contributed by atoms with Crippen LogP contribution in [0.3, 0.4) is 0 Å². The predicted molar refractivity (Wildman–Crippen MR) is 84.0 cm³/mol. The van der Waals surface area contributed by atoms with Gasteiger partial charge in [0.05, 0.1) is 24.2 Å². The highest BCUT2D eigenvalue weighted by Gasteiger charge is 2.30. The molecule has 0 spiro atoms. The lowest BCUT2D eigenvalue weighted by Crippen LogP contribution is -2.25. The maximum Gasteiger partial charge on any atom is 0.229 e. The fourth-order valence-corrected chi connectivity index (χ4v) is 3.01. The number of ether oxygens (including phenoxy) is 1. The third-order valence-electron chi connectivity index (χ3n) is 4.06. The van der Waals surface area contributed by atoms with Gasteiger partial charge in [0, 0.05) is 18.8 Å². The van der Waals surface area contributed by atoms with Crippen molar-refractivity contribution in [2.24, 2.45) is 0 Å². The molecule has 0 amide bonds. The lowest BCUT2D eigenvalue weighted by Gasteiger charge is -2.23. The Hall–Kier alpha value is -2.63. The summed E-state index contributed by atoms with van der Waals surface area (Å²) < 4.78 is 5.20. The zero-order valence-electron chi connectivity index (χ0n) is 12.4. The van der Waals surface area contributed by atoms with Crippen molar-refractivity contribution in [3.8, 4) is 5.88 Å². The molecule has 112 valence electrons. The first kappa shape index (κ1) is 13.1. The number of nitrogens with zero attached hydrogens (tertiary/aromatic N) is 4. The molecular formula is C16H17N5O. The fraction of sp³-hybridized carbons (Fsp3) is 0.312. The molecule has 0 saturated carbocycles. The number of rotatable bonds is 3. The average molecular weight is 295 g/mol. The van der Waals surface area contributed by atoms with E-state index in [1.54, 1.807) is 19.4 Å². The Morgan fingerprint density at radius 1 is 1.23 bits per heavy atom. The molecule has 3 heterocycles. The van der Waals surface area contributed by atoms with Gasteiger partial charge in [-0.25, -0.2) is 9.97 Å². The number of fused-ring (bicyclic) bond motifs is 1. The number of methoxy groups -OCH3 is 1. The van der Waals surface area contributed by atoms with Crippen LogP contribution in [-0.2, 0) is 0 Å². The zero-order valence-corrected chi connectivity index (χ0v) is 12.4. The van der Waals surface area contributed by atoms with Crippen molar-refractivity contribution in [1.82, 2.24) is 19.9 Å². The van der Waals surface area contributed by atoms with Gasteiger partial charge < -0.3 is 14.6 Å². The van der Waals surface area contributed by atoms with Crippen molar-refractivity contribution in [1.29, 1.82) is 0 Å². The summed E-state index contributed by atoms with van der Waals surface area (Å²) in [7, 11) is 1.62. The van der Waals surface area contributed by atoms with Crippen molar-refractivity contribution in [3.05, 3.63) is 42.4 Å². The minimum atomic E-state index is 0.180. The van der Waals surface area contributed by atoms with E-state index in [0.717, 1.165) is 36.2 Å². The normalized spacial score (nSPS) is 18.0. The highest BCUT2D eigenvalue weighted by atomic mass is 16.5. The summed E-state index contributed by atoms with van der Waals surface area (Å²) in [6.45, 7) is 0.925. The number of imidazole rings is 1. The zero-order chi connectivity index (χ0) is 14.9. The van der Waals surface area contributed by atoms with Crippen LogP contribution in [0.2, 0.25) is 0 Å². The van der Waals surface area contributed by atoms with Crippen molar-refractivity contribution in [2.75, 3.05) is 18.6 Å². The van der Waals surface area contributed by atoms with Crippen LogP contribution in [0.1, 0.15) is 24.7 Å². The molecule has 1 atom stereocenters. The molecule has 1 aliphatic rings. The Kier molecular flexibility index (Phi) is 3.14. The summed E-state index contributed by atoms with van der Waals surface area (Å²) in [5.41, 5.74) is 2.06. The molecule has 1 aromatic carbocycles. The Morgan fingerprint density at radius 2 is 2.14 bits per heavy atom. The minimum Gasteiger partial charge on any atom is -0.481 e. The van der Waals surface area contributed by atoms with Crippen molar-refractivity contribution in [2.45, 2.75) is 18.9 Å². The number of hydrogen-bond acceptors (Lipinski definition) is 5. The van der Waals surface area contributed by atoms with Gasteiger partial charge in [-0.2, -0.15) is 4.98 Å². The first-order valence-corrected chi connectivity index (χ1v) is 7.43. The van der Waals surface area contributed by atoms with Gasteiger partial charge in [0.15, 0.2) is 0 Å². The maximum atomic E-state index is 5.20. The highest BCUT2D eigenvalue weighted by molar-refractivity contribution is 5.75. The molecule has 3 aromatic rings. The van der Waals surface area contributed by atoms with E-state index in [1.807, 2.05) is 24.3 Å². The Bertz CT molecular complexity index is 767. The molecule has 1 unspecified atom stereocenters. The molecule has 0 bridgehead atoms. The van der Waals surface area contributed by atoms with E-state index in [0.29, 0.717) is 11.8 Å². The van der Waals surface area contributed by atoms with E-state index in [1.165, 1.54) is 0 Å². The second-order valence-electron chi connectivity index (χ2n) is 5.39. The van der Waals surface area contributed by atoms with Crippen molar-refractivity contribution < 1.29 is 4.74 Å². The van der Waals surface area contributed by atoms with Gasteiger partial charge in [-0.05, 0) is 25.0 Å². The number of hydrogen-bond donors (Lipinski definition) is 1. The Labute approximate surface area is 128 Å². The lowest BCUT2D eigenvalue weighted by molar-refractivity contribution is 0.396. The summed E-state index contributed by atoms with van der Waals surface area (Å²) in [4.78, 5) is 19.2. The molecule has 22 heavy (non-hydrogen) atoms. The van der Waals surface area contributed by atoms with Gasteiger partial charge in [-0.1, -0.05) is 12.1 Å². The maximum absolute atomic E-state index is 5.20. The molecular weight excluding hydrogens is 278 g/mol.